The molecule has 0 aliphatic heterocycles. The van der Waals surface area contributed by atoms with Crippen LogP contribution in [0.3, 0.4) is 0 Å². The lowest BCUT2D eigenvalue weighted by molar-refractivity contribution is -0.120. The van der Waals surface area contributed by atoms with Crippen molar-refractivity contribution in [2.45, 2.75) is 26.7 Å². The smallest absolute Gasteiger partial charge is 0.361 e. The number of aromatic amines is 1. The van der Waals surface area contributed by atoms with Crippen LogP contribution >= 0.6 is 0 Å². The summed E-state index contributed by atoms with van der Waals surface area (Å²) in [6.45, 7) is 4.02. The number of carbonyl (C=O) groups excluding carboxylic acids is 1. The monoisotopic (exact) mass is 275 g/mol. The molecule has 106 valence electrons. The molecule has 0 saturated carbocycles. The van der Waals surface area contributed by atoms with Gasteiger partial charge in [0.1, 0.15) is 5.75 Å². The van der Waals surface area contributed by atoms with Crippen LogP contribution in [0.4, 0.5) is 5.69 Å². The van der Waals surface area contributed by atoms with Crippen LogP contribution in [0.15, 0.2) is 24.3 Å². The van der Waals surface area contributed by atoms with E-state index in [0.717, 1.165) is 18.5 Å². The predicted octanol–water partition coefficient (Wildman–Crippen LogP) is 2.37. The molecule has 0 aliphatic carbocycles. The Hall–Kier alpha value is -2.44. The Kier molecular flexibility index (Phi) is 4.65. The molecule has 0 spiro atoms. The van der Waals surface area contributed by atoms with Crippen molar-refractivity contribution >= 4 is 11.6 Å². The maximum atomic E-state index is 11.9. The molecular formula is C13H17N5O2. The first-order valence-corrected chi connectivity index (χ1v) is 6.55. The van der Waals surface area contributed by atoms with Gasteiger partial charge in [-0.3, -0.25) is 4.79 Å². The second-order valence-electron chi connectivity index (χ2n) is 4.32. The van der Waals surface area contributed by atoms with Gasteiger partial charge in [0.05, 0.1) is 0 Å². The Labute approximate surface area is 116 Å². The van der Waals surface area contributed by atoms with Crippen LogP contribution in [-0.4, -0.2) is 26.5 Å². The number of aromatic nitrogens is 4. The average Bonchev–Trinajstić information content (AvgIpc) is 2.95. The van der Waals surface area contributed by atoms with E-state index < -0.39 is 0 Å². The van der Waals surface area contributed by atoms with Crippen molar-refractivity contribution < 1.29 is 9.53 Å². The summed E-state index contributed by atoms with van der Waals surface area (Å²) in [6.07, 6.45) is 1.67. The third kappa shape index (κ3) is 3.53. The van der Waals surface area contributed by atoms with Crippen LogP contribution in [0.2, 0.25) is 0 Å². The lowest BCUT2D eigenvalue weighted by Gasteiger charge is -2.12. The van der Waals surface area contributed by atoms with Crippen LogP contribution in [0, 0.1) is 5.92 Å². The van der Waals surface area contributed by atoms with Crippen molar-refractivity contribution in [2.75, 3.05) is 5.32 Å². The standard InChI is InChI=1S/C13H17N5O2/c1-3-9(4-2)12(19)14-10-5-7-11(8-6-10)20-13-15-17-18-16-13/h5-9H,3-4H2,1-2H3,(H,14,19)(H,15,16,17,18). The van der Waals surface area contributed by atoms with Gasteiger partial charge in [-0.05, 0) is 42.3 Å². The minimum absolute atomic E-state index is 0.0434. The van der Waals surface area contributed by atoms with Gasteiger partial charge in [0.15, 0.2) is 0 Å². The summed E-state index contributed by atoms with van der Waals surface area (Å²) in [5, 5.41) is 16.0. The molecular weight excluding hydrogens is 258 g/mol. The Morgan fingerprint density at radius 1 is 1.30 bits per heavy atom. The van der Waals surface area contributed by atoms with E-state index in [1.165, 1.54) is 0 Å². The summed E-state index contributed by atoms with van der Waals surface area (Å²) in [7, 11) is 0. The highest BCUT2D eigenvalue weighted by molar-refractivity contribution is 5.92. The van der Waals surface area contributed by atoms with Crippen molar-refractivity contribution in [1.82, 2.24) is 20.6 Å². The highest BCUT2D eigenvalue weighted by atomic mass is 16.5. The molecule has 0 bridgehead atoms. The largest absolute Gasteiger partial charge is 0.422 e. The second kappa shape index (κ2) is 6.65. The Balaban J connectivity index is 1.96. The molecule has 2 N–H and O–H groups in total. The number of tetrazole rings is 1. The maximum Gasteiger partial charge on any atom is 0.361 e. The second-order valence-corrected chi connectivity index (χ2v) is 4.32. The lowest BCUT2D eigenvalue weighted by atomic mass is 10.0. The number of anilines is 1. The molecule has 7 nitrogen and oxygen atoms in total. The predicted molar refractivity (Wildman–Crippen MR) is 73.4 cm³/mol. The van der Waals surface area contributed by atoms with Gasteiger partial charge in [-0.2, -0.15) is 5.21 Å². The fourth-order valence-electron chi connectivity index (χ4n) is 1.81. The van der Waals surface area contributed by atoms with Crippen molar-refractivity contribution in [2.24, 2.45) is 5.92 Å². The molecule has 20 heavy (non-hydrogen) atoms. The van der Waals surface area contributed by atoms with E-state index in [0.29, 0.717) is 5.75 Å². The maximum absolute atomic E-state index is 11.9. The lowest BCUT2D eigenvalue weighted by Crippen LogP contribution is -2.21. The molecule has 1 heterocycles. The summed E-state index contributed by atoms with van der Waals surface area (Å²) in [4.78, 5) is 11.9. The fraction of sp³-hybridized carbons (Fsp3) is 0.385. The molecule has 0 atom stereocenters. The topological polar surface area (TPSA) is 92.8 Å². The van der Waals surface area contributed by atoms with Gasteiger partial charge in [-0.15, -0.1) is 0 Å². The summed E-state index contributed by atoms with van der Waals surface area (Å²) in [6, 6.07) is 7.17. The van der Waals surface area contributed by atoms with Gasteiger partial charge in [-0.1, -0.05) is 24.0 Å². The van der Waals surface area contributed by atoms with E-state index in [4.69, 9.17) is 4.74 Å². The highest BCUT2D eigenvalue weighted by Crippen LogP contribution is 2.20. The normalized spacial score (nSPS) is 10.6. The van der Waals surface area contributed by atoms with Gasteiger partial charge in [0.2, 0.25) is 5.91 Å². The Morgan fingerprint density at radius 3 is 2.55 bits per heavy atom. The van der Waals surface area contributed by atoms with Crippen LogP contribution < -0.4 is 10.1 Å². The van der Waals surface area contributed by atoms with Crippen molar-refractivity contribution in [1.29, 1.82) is 0 Å². The third-order valence-corrected chi connectivity index (χ3v) is 3.01. The summed E-state index contributed by atoms with van der Waals surface area (Å²) < 4.78 is 5.34. The molecule has 2 aromatic rings. The van der Waals surface area contributed by atoms with Crippen LogP contribution in [-0.2, 0) is 4.79 Å². The number of nitrogens with one attached hydrogen (secondary N) is 2. The first-order valence-electron chi connectivity index (χ1n) is 6.55. The van der Waals surface area contributed by atoms with Crippen LogP contribution in [0.1, 0.15) is 26.7 Å². The minimum Gasteiger partial charge on any atom is -0.422 e. The number of benzene rings is 1. The zero-order valence-corrected chi connectivity index (χ0v) is 11.5. The number of H-pyrrole nitrogens is 1. The van der Waals surface area contributed by atoms with Gasteiger partial charge in [0, 0.05) is 11.6 Å². The van der Waals surface area contributed by atoms with Crippen LogP contribution in [0.25, 0.3) is 0 Å². The molecule has 7 heteroatoms. The molecule has 2 rings (SSSR count). The van der Waals surface area contributed by atoms with E-state index in [-0.39, 0.29) is 17.8 Å². The summed E-state index contributed by atoms with van der Waals surface area (Å²) >= 11 is 0. The van der Waals surface area contributed by atoms with E-state index in [1.807, 2.05) is 13.8 Å². The first-order chi connectivity index (χ1) is 9.72. The quantitative estimate of drug-likeness (QED) is 0.844. The van der Waals surface area contributed by atoms with E-state index >= 15 is 0 Å². The van der Waals surface area contributed by atoms with E-state index in [1.54, 1.807) is 24.3 Å². The number of carbonyl (C=O) groups is 1. The number of ether oxygens (including phenoxy) is 1. The minimum atomic E-state index is 0.0434. The number of nitrogens with zero attached hydrogens (tertiary/aromatic N) is 3. The van der Waals surface area contributed by atoms with E-state index in [2.05, 4.69) is 25.9 Å². The Morgan fingerprint density at radius 2 is 2.00 bits per heavy atom. The zero-order chi connectivity index (χ0) is 14.4. The van der Waals surface area contributed by atoms with Gasteiger partial charge in [0.25, 0.3) is 0 Å². The number of hydrogen-bond donors (Lipinski definition) is 2. The molecule has 1 aromatic heterocycles. The summed E-state index contributed by atoms with van der Waals surface area (Å²) in [5.41, 5.74) is 0.738. The number of hydrogen-bond acceptors (Lipinski definition) is 5. The number of rotatable bonds is 6. The van der Waals surface area contributed by atoms with Gasteiger partial charge in [-0.25, -0.2) is 0 Å². The molecule has 1 aromatic carbocycles. The van der Waals surface area contributed by atoms with Crippen LogP contribution in [0.5, 0.6) is 11.8 Å². The molecule has 0 aliphatic rings. The van der Waals surface area contributed by atoms with Crippen molar-refractivity contribution in [3.63, 3.8) is 0 Å². The van der Waals surface area contributed by atoms with Gasteiger partial charge < -0.3 is 10.1 Å². The average molecular weight is 275 g/mol. The molecule has 1 amide bonds. The Bertz CT molecular complexity index is 534. The molecule has 0 saturated heterocycles. The summed E-state index contributed by atoms with van der Waals surface area (Å²) in [5.74, 6) is 0.666. The van der Waals surface area contributed by atoms with Crippen molar-refractivity contribution in [3.05, 3.63) is 24.3 Å². The van der Waals surface area contributed by atoms with Gasteiger partial charge >= 0.3 is 6.01 Å². The van der Waals surface area contributed by atoms with E-state index in [9.17, 15) is 4.79 Å². The highest BCUT2D eigenvalue weighted by Gasteiger charge is 2.14. The fourth-order valence-corrected chi connectivity index (χ4v) is 1.81. The number of amides is 1. The molecule has 0 radical (unpaired) electrons. The molecule has 0 unspecified atom stereocenters. The zero-order valence-electron chi connectivity index (χ0n) is 11.5. The third-order valence-electron chi connectivity index (χ3n) is 3.01. The first kappa shape index (κ1) is 14.0. The molecule has 0 fully saturated rings. The van der Waals surface area contributed by atoms with Crippen molar-refractivity contribution in [3.8, 4) is 11.8 Å². The SMILES string of the molecule is CCC(CC)C(=O)Nc1ccc(Oc2nn[nH]n2)cc1.